The molecular weight excluding hydrogens is 1600 g/mol. The van der Waals surface area contributed by atoms with E-state index in [9.17, 15) is 0 Å². The highest BCUT2D eigenvalue weighted by Gasteiger charge is 2.25. The van der Waals surface area contributed by atoms with Crippen LogP contribution < -0.4 is 0 Å². The molecule has 18 aromatic carbocycles. The molecule has 0 aliphatic rings. The number of fused-ring (bicyclic) bond motifs is 32. The number of nitrogens with zero attached hydrogens (tertiary/aromatic N) is 8. The summed E-state index contributed by atoms with van der Waals surface area (Å²) in [6, 6.07) is 116. The first-order valence-electron chi connectivity index (χ1n) is 50.2. The van der Waals surface area contributed by atoms with E-state index in [2.05, 4.69) is 409 Å². The number of aromatic nitrogens is 4. The van der Waals surface area contributed by atoms with Crippen molar-refractivity contribution in [3.8, 4) is 0 Å². The van der Waals surface area contributed by atoms with Gasteiger partial charge in [-0.05, 0) is 186 Å². The average molecular weight is 1750 g/mol. The molecule has 684 valence electrons. The van der Waals surface area contributed by atoms with Crippen LogP contribution in [0.5, 0.6) is 0 Å². The molecule has 22 aromatic rings. The molecule has 0 saturated heterocycles. The summed E-state index contributed by atoms with van der Waals surface area (Å²) in [6.07, 6.45) is 0. The standard InChI is InChI=1S/2C29H26N2.2C25H24N2.8C2H6/c1-3-30(4-2)19-31-27-18-21-12-6-5-11-20(21)17-26(27)28-24-15-9-7-13-22(24)23-14-8-10-16-25(23)29(28)31;1-3-30(4-2)19-31-28-21-12-6-5-11-20(21)17-18-26(28)27-24-15-9-7-13-22(24)23-14-8-10-16-25(23)29(27)31;1-3-26(4-2)17-27-22-15-13-18-9-5-7-11-20(18)24(22)25-21-12-8-6-10-19(21)14-16-23(25)27;1-3-26(4-2)17-27-23-14-13-18-9-7-8-12-21(18)25(23)22-15-19-10-5-6-11-20(19)16-24(22)27;8*1-2/h2*5-18H,3-4,19H2,1-2H3;2*5-16H,3-4,17H2,1-2H3;8*1-2H3. The number of hydrogen-bond donors (Lipinski definition) is 0. The molecule has 132 heavy (non-hydrogen) atoms. The van der Waals surface area contributed by atoms with Crippen molar-refractivity contribution in [2.24, 2.45) is 0 Å². The van der Waals surface area contributed by atoms with E-state index in [-0.39, 0.29) is 0 Å². The van der Waals surface area contributed by atoms with E-state index in [1.54, 1.807) is 0 Å². The molecule has 4 aromatic heterocycles. The highest BCUT2D eigenvalue weighted by molar-refractivity contribution is 6.35. The monoisotopic (exact) mass is 1750 g/mol. The molecule has 0 saturated carbocycles. The molecule has 8 heteroatoms. The van der Waals surface area contributed by atoms with Gasteiger partial charge in [0.15, 0.2) is 0 Å². The Kier molecular flexibility index (Phi) is 36.9. The summed E-state index contributed by atoms with van der Waals surface area (Å²) in [4.78, 5) is 9.95. The van der Waals surface area contributed by atoms with Crippen molar-refractivity contribution >= 4 is 195 Å². The van der Waals surface area contributed by atoms with Crippen LogP contribution in [-0.2, 0) is 26.7 Å². The van der Waals surface area contributed by atoms with E-state index >= 15 is 0 Å². The summed E-state index contributed by atoms with van der Waals surface area (Å²) < 4.78 is 10.1. The van der Waals surface area contributed by atoms with Crippen LogP contribution in [0.25, 0.3) is 195 Å². The molecule has 8 nitrogen and oxygen atoms in total. The van der Waals surface area contributed by atoms with Gasteiger partial charge in [0.25, 0.3) is 0 Å². The van der Waals surface area contributed by atoms with Gasteiger partial charge in [-0.15, -0.1) is 0 Å². The molecule has 0 fully saturated rings. The quantitative estimate of drug-likeness (QED) is 0.0903. The van der Waals surface area contributed by atoms with Crippen molar-refractivity contribution in [2.45, 2.75) is 193 Å². The zero-order chi connectivity index (χ0) is 94.7. The predicted octanol–water partition coefficient (Wildman–Crippen LogP) is 36.1. The Bertz CT molecular complexity index is 7330. The molecule has 0 aliphatic carbocycles. The maximum absolute atomic E-state index is 2.58. The number of benzene rings is 18. The zero-order valence-corrected chi connectivity index (χ0v) is 84.1. The molecule has 0 N–H and O–H groups in total. The lowest BCUT2D eigenvalue weighted by Crippen LogP contribution is -2.25. The third-order valence-electron chi connectivity index (χ3n) is 25.4. The van der Waals surface area contributed by atoms with Crippen LogP contribution in [0.2, 0.25) is 0 Å². The Morgan fingerprint density at radius 3 is 0.742 bits per heavy atom. The third-order valence-corrected chi connectivity index (χ3v) is 25.4. The molecule has 0 amide bonds. The largest absolute Gasteiger partial charge is 0.327 e. The first kappa shape index (κ1) is 100. The van der Waals surface area contributed by atoms with E-state index in [1.807, 2.05) is 111 Å². The van der Waals surface area contributed by atoms with Gasteiger partial charge in [-0.25, -0.2) is 0 Å². The normalized spacial score (nSPS) is 11.1. The minimum Gasteiger partial charge on any atom is -0.327 e. The second-order valence-corrected chi connectivity index (χ2v) is 31.3. The van der Waals surface area contributed by atoms with Gasteiger partial charge < -0.3 is 18.3 Å². The smallest absolute Gasteiger partial charge is 0.0757 e. The zero-order valence-electron chi connectivity index (χ0n) is 84.1. The van der Waals surface area contributed by atoms with Crippen molar-refractivity contribution in [1.29, 1.82) is 0 Å². The molecule has 0 bridgehead atoms. The lowest BCUT2D eigenvalue weighted by Gasteiger charge is -2.21. The van der Waals surface area contributed by atoms with Gasteiger partial charge in [0.2, 0.25) is 0 Å². The highest BCUT2D eigenvalue weighted by atomic mass is 15.3. The fraction of sp³-hybridized carbons (Fsp3) is 0.290. The highest BCUT2D eigenvalue weighted by Crippen LogP contribution is 2.47. The molecule has 22 rings (SSSR count). The second kappa shape index (κ2) is 48.7. The van der Waals surface area contributed by atoms with Gasteiger partial charge in [0, 0.05) is 59.2 Å². The van der Waals surface area contributed by atoms with Gasteiger partial charge in [-0.3, -0.25) is 19.6 Å². The Morgan fingerprint density at radius 1 is 0.152 bits per heavy atom. The Hall–Kier alpha value is -12.4. The summed E-state index contributed by atoms with van der Waals surface area (Å²) in [5.41, 5.74) is 10.7. The van der Waals surface area contributed by atoms with Gasteiger partial charge in [0.1, 0.15) is 0 Å². The molecule has 0 atom stereocenters. The molecule has 0 radical (unpaired) electrons. The maximum atomic E-state index is 2.58. The number of rotatable bonds is 16. The number of hydrogen-bond acceptors (Lipinski definition) is 4. The van der Waals surface area contributed by atoms with Crippen LogP contribution in [0.3, 0.4) is 0 Å². The Morgan fingerprint density at radius 2 is 0.379 bits per heavy atom. The first-order valence-corrected chi connectivity index (χ1v) is 50.2. The summed E-state index contributed by atoms with van der Waals surface area (Å²) in [6.45, 7) is 62.0. The summed E-state index contributed by atoms with van der Waals surface area (Å²) >= 11 is 0. The van der Waals surface area contributed by atoms with Crippen molar-refractivity contribution in [3.63, 3.8) is 0 Å². The lowest BCUT2D eigenvalue weighted by atomic mass is 9.96. The van der Waals surface area contributed by atoms with Crippen molar-refractivity contribution in [1.82, 2.24) is 37.9 Å². The van der Waals surface area contributed by atoms with Crippen LogP contribution in [0.4, 0.5) is 0 Å². The van der Waals surface area contributed by atoms with E-state index in [0.29, 0.717) is 0 Å². The maximum Gasteiger partial charge on any atom is 0.0757 e. The van der Waals surface area contributed by atoms with E-state index in [1.165, 1.54) is 195 Å². The van der Waals surface area contributed by atoms with Crippen molar-refractivity contribution < 1.29 is 0 Å². The molecule has 0 unspecified atom stereocenters. The van der Waals surface area contributed by atoms with E-state index < -0.39 is 0 Å². The minimum atomic E-state index is 0.892. The van der Waals surface area contributed by atoms with Crippen LogP contribution in [0.15, 0.2) is 315 Å². The minimum absolute atomic E-state index is 0.892. The van der Waals surface area contributed by atoms with Crippen molar-refractivity contribution in [3.05, 3.63) is 315 Å². The Balaban J connectivity index is 0.000000162. The fourth-order valence-electron chi connectivity index (χ4n) is 19.2. The molecular formula is C124H148N8. The second-order valence-electron chi connectivity index (χ2n) is 31.3. The van der Waals surface area contributed by atoms with Gasteiger partial charge >= 0.3 is 0 Å². The lowest BCUT2D eigenvalue weighted by molar-refractivity contribution is 0.249. The van der Waals surface area contributed by atoms with Crippen LogP contribution in [0, 0.1) is 0 Å². The first-order chi connectivity index (χ1) is 65.2. The van der Waals surface area contributed by atoms with Gasteiger partial charge in [-0.2, -0.15) is 0 Å². The van der Waals surface area contributed by atoms with E-state index in [4.69, 9.17) is 0 Å². The van der Waals surface area contributed by atoms with Crippen LogP contribution >= 0.6 is 0 Å². The third kappa shape index (κ3) is 19.6. The topological polar surface area (TPSA) is 32.7 Å². The van der Waals surface area contributed by atoms with Gasteiger partial charge in [-0.1, -0.05) is 439 Å². The summed E-state index contributed by atoms with van der Waals surface area (Å²) in [5.74, 6) is 0. The summed E-state index contributed by atoms with van der Waals surface area (Å²) in [5, 5.41) is 37.4. The molecule has 0 aliphatic heterocycles. The van der Waals surface area contributed by atoms with Crippen LogP contribution in [0.1, 0.15) is 166 Å². The van der Waals surface area contributed by atoms with Crippen molar-refractivity contribution in [2.75, 3.05) is 52.4 Å². The van der Waals surface area contributed by atoms with E-state index in [0.717, 1.165) is 79.0 Å². The summed E-state index contributed by atoms with van der Waals surface area (Å²) in [7, 11) is 0. The molecule has 0 spiro atoms. The predicted molar refractivity (Wildman–Crippen MR) is 595 cm³/mol. The SMILES string of the molecule is CC.CC.CC.CC.CC.CC.CC.CC.CCN(CC)Cn1c2c3ccccc3ccc2c2c3ccccc3c3ccccc3c21.CCN(CC)Cn1c2cc3ccccc3cc2c2c3ccccc3c3ccccc3c21.CCN(CC)Cn1c2cc3ccccc3cc2c2c3ccccc3ccc21.CCN(CC)Cn1c2ccc3ccccc3c2c2c3ccccc3ccc21. The molecule has 4 heterocycles. The van der Waals surface area contributed by atoms with Crippen LogP contribution in [-0.4, -0.2) is 90.2 Å². The van der Waals surface area contributed by atoms with Gasteiger partial charge in [0.05, 0.1) is 70.8 Å². The fourth-order valence-corrected chi connectivity index (χ4v) is 19.2. The average Bonchev–Trinajstić information content (AvgIpc) is 1.55. The Labute approximate surface area is 788 Å².